The first kappa shape index (κ1) is 10.3. The van der Waals surface area contributed by atoms with Gasteiger partial charge in [-0.15, -0.1) is 0 Å². The van der Waals surface area contributed by atoms with Crippen molar-refractivity contribution in [2.24, 2.45) is 0 Å². The van der Waals surface area contributed by atoms with Crippen molar-refractivity contribution in [2.75, 3.05) is 20.8 Å². The molecule has 0 aliphatic rings. The molecule has 0 saturated heterocycles. The van der Waals surface area contributed by atoms with Gasteiger partial charge in [0.1, 0.15) is 0 Å². The highest BCUT2D eigenvalue weighted by molar-refractivity contribution is 5.06. The molecule has 0 spiro atoms. The first-order chi connectivity index (χ1) is 6.38. The van der Waals surface area contributed by atoms with Gasteiger partial charge >= 0.3 is 0 Å². The molecule has 0 amide bonds. The number of nitrogens with one attached hydrogen (secondary N) is 1. The summed E-state index contributed by atoms with van der Waals surface area (Å²) >= 11 is 0. The van der Waals surface area contributed by atoms with Gasteiger partial charge in [0, 0.05) is 38.7 Å². The molecule has 0 aromatic carbocycles. The third-order valence-corrected chi connectivity index (χ3v) is 2.03. The molecule has 0 saturated carbocycles. The minimum Gasteiger partial charge on any atom is -0.385 e. The normalized spacial score (nSPS) is 10.6. The van der Waals surface area contributed by atoms with Crippen molar-refractivity contribution in [1.82, 2.24) is 9.88 Å². The quantitative estimate of drug-likeness (QED) is 0.670. The van der Waals surface area contributed by atoms with E-state index in [0.717, 1.165) is 26.1 Å². The number of rotatable bonds is 6. The van der Waals surface area contributed by atoms with E-state index < -0.39 is 0 Å². The Morgan fingerprint density at radius 2 is 2.38 bits per heavy atom. The Hall–Kier alpha value is -0.800. The van der Waals surface area contributed by atoms with Crippen LogP contribution in [-0.4, -0.2) is 25.3 Å². The number of ether oxygens (including phenoxy) is 1. The van der Waals surface area contributed by atoms with Crippen LogP contribution in [0.2, 0.25) is 0 Å². The fraction of sp³-hybridized carbons (Fsp3) is 0.600. The lowest BCUT2D eigenvalue weighted by Gasteiger charge is -2.07. The molecule has 1 aromatic heterocycles. The van der Waals surface area contributed by atoms with Gasteiger partial charge in [-0.1, -0.05) is 0 Å². The van der Waals surface area contributed by atoms with E-state index >= 15 is 0 Å². The number of aryl methyl sites for hydroxylation is 1. The fourth-order valence-corrected chi connectivity index (χ4v) is 1.39. The lowest BCUT2D eigenvalue weighted by atomic mass is 10.4. The molecule has 0 fully saturated rings. The second-order valence-electron chi connectivity index (χ2n) is 3.07. The van der Waals surface area contributed by atoms with E-state index in [0.29, 0.717) is 0 Å². The monoisotopic (exact) mass is 182 g/mol. The largest absolute Gasteiger partial charge is 0.385 e. The Labute approximate surface area is 79.7 Å². The molecule has 1 aromatic rings. The molecule has 0 radical (unpaired) electrons. The van der Waals surface area contributed by atoms with Crippen LogP contribution in [0.4, 0.5) is 0 Å². The average Bonchev–Trinajstić information content (AvgIpc) is 2.54. The third-order valence-electron chi connectivity index (χ3n) is 2.03. The molecule has 0 atom stereocenters. The zero-order valence-electron chi connectivity index (χ0n) is 8.42. The van der Waals surface area contributed by atoms with E-state index in [9.17, 15) is 0 Å². The fourth-order valence-electron chi connectivity index (χ4n) is 1.39. The molecule has 1 heterocycles. The summed E-state index contributed by atoms with van der Waals surface area (Å²) in [4.78, 5) is 0. The second-order valence-corrected chi connectivity index (χ2v) is 3.07. The van der Waals surface area contributed by atoms with Gasteiger partial charge in [0.05, 0.1) is 0 Å². The molecule has 3 nitrogen and oxygen atoms in total. The minimum absolute atomic E-state index is 0.831. The lowest BCUT2D eigenvalue weighted by molar-refractivity contribution is 0.190. The number of aromatic nitrogens is 1. The maximum atomic E-state index is 5.01. The van der Waals surface area contributed by atoms with Gasteiger partial charge in [0.25, 0.3) is 0 Å². The van der Waals surface area contributed by atoms with E-state index in [1.54, 1.807) is 7.11 Å². The van der Waals surface area contributed by atoms with Gasteiger partial charge in [-0.05, 0) is 25.6 Å². The Bertz CT molecular complexity index is 233. The van der Waals surface area contributed by atoms with Crippen LogP contribution in [0.15, 0.2) is 18.3 Å². The number of hydrogen-bond acceptors (Lipinski definition) is 2. The molecule has 0 aliphatic carbocycles. The summed E-state index contributed by atoms with van der Waals surface area (Å²) in [5.41, 5.74) is 1.33. The zero-order chi connectivity index (χ0) is 9.52. The van der Waals surface area contributed by atoms with Crippen LogP contribution in [0.5, 0.6) is 0 Å². The Kier molecular flexibility index (Phi) is 4.57. The predicted octanol–water partition coefficient (Wildman–Crippen LogP) is 1.24. The van der Waals surface area contributed by atoms with Gasteiger partial charge in [-0.25, -0.2) is 0 Å². The summed E-state index contributed by atoms with van der Waals surface area (Å²) in [7, 11) is 3.71. The van der Waals surface area contributed by atoms with Crippen LogP contribution in [0.25, 0.3) is 0 Å². The molecular weight excluding hydrogens is 164 g/mol. The Morgan fingerprint density at radius 1 is 1.54 bits per heavy atom. The standard InChI is InChI=1S/C10H18N2O/c1-11-9-10-5-3-6-12(10)7-4-8-13-2/h3,5-6,11H,4,7-9H2,1-2H3. The maximum absolute atomic E-state index is 5.01. The summed E-state index contributed by atoms with van der Waals surface area (Å²) in [6.07, 6.45) is 3.18. The number of methoxy groups -OCH3 is 1. The summed E-state index contributed by atoms with van der Waals surface area (Å²) < 4.78 is 7.27. The number of hydrogen-bond donors (Lipinski definition) is 1. The molecule has 0 unspecified atom stereocenters. The van der Waals surface area contributed by atoms with Crippen molar-refractivity contribution in [3.63, 3.8) is 0 Å². The SMILES string of the molecule is CNCc1cccn1CCCOC. The number of nitrogens with zero attached hydrogens (tertiary/aromatic N) is 1. The van der Waals surface area contributed by atoms with Crippen LogP contribution in [0.3, 0.4) is 0 Å². The van der Waals surface area contributed by atoms with Crippen LogP contribution < -0.4 is 5.32 Å². The molecule has 74 valence electrons. The van der Waals surface area contributed by atoms with E-state index in [1.807, 2.05) is 7.05 Å². The van der Waals surface area contributed by atoms with Gasteiger partial charge in [0.2, 0.25) is 0 Å². The van der Waals surface area contributed by atoms with Crippen LogP contribution in [0, 0.1) is 0 Å². The molecule has 13 heavy (non-hydrogen) atoms. The summed E-state index contributed by atoms with van der Waals surface area (Å²) in [5.74, 6) is 0. The highest BCUT2D eigenvalue weighted by Crippen LogP contribution is 2.02. The molecule has 0 aliphatic heterocycles. The molecule has 0 bridgehead atoms. The smallest absolute Gasteiger partial charge is 0.0479 e. The third kappa shape index (κ3) is 3.20. The van der Waals surface area contributed by atoms with Crippen LogP contribution in [0.1, 0.15) is 12.1 Å². The summed E-state index contributed by atoms with van der Waals surface area (Å²) in [6, 6.07) is 4.22. The predicted molar refractivity (Wildman–Crippen MR) is 53.7 cm³/mol. The highest BCUT2D eigenvalue weighted by atomic mass is 16.5. The summed E-state index contributed by atoms with van der Waals surface area (Å²) in [5, 5.41) is 3.15. The topological polar surface area (TPSA) is 26.2 Å². The van der Waals surface area contributed by atoms with Gasteiger partial charge in [-0.2, -0.15) is 0 Å². The second kappa shape index (κ2) is 5.78. The van der Waals surface area contributed by atoms with Crippen molar-refractivity contribution in [3.05, 3.63) is 24.0 Å². The van der Waals surface area contributed by atoms with Gasteiger partial charge in [-0.3, -0.25) is 0 Å². The van der Waals surface area contributed by atoms with Crippen molar-refractivity contribution in [2.45, 2.75) is 19.5 Å². The lowest BCUT2D eigenvalue weighted by Crippen LogP contribution is -2.11. The van der Waals surface area contributed by atoms with E-state index in [4.69, 9.17) is 4.74 Å². The first-order valence-electron chi connectivity index (χ1n) is 4.66. The molecular formula is C10H18N2O. The van der Waals surface area contributed by atoms with E-state index in [-0.39, 0.29) is 0 Å². The minimum atomic E-state index is 0.831. The maximum Gasteiger partial charge on any atom is 0.0479 e. The first-order valence-corrected chi connectivity index (χ1v) is 4.66. The van der Waals surface area contributed by atoms with Crippen molar-refractivity contribution < 1.29 is 4.74 Å². The Morgan fingerprint density at radius 3 is 3.08 bits per heavy atom. The highest BCUT2D eigenvalue weighted by Gasteiger charge is 1.98. The van der Waals surface area contributed by atoms with Gasteiger partial charge < -0.3 is 14.6 Å². The summed E-state index contributed by atoms with van der Waals surface area (Å²) in [6.45, 7) is 2.80. The van der Waals surface area contributed by atoms with Crippen molar-refractivity contribution in [1.29, 1.82) is 0 Å². The Balaban J connectivity index is 2.40. The van der Waals surface area contributed by atoms with E-state index in [1.165, 1.54) is 5.69 Å². The molecule has 3 heteroatoms. The zero-order valence-corrected chi connectivity index (χ0v) is 8.42. The average molecular weight is 182 g/mol. The molecule has 1 rings (SSSR count). The molecule has 1 N–H and O–H groups in total. The van der Waals surface area contributed by atoms with Crippen LogP contribution in [-0.2, 0) is 17.8 Å². The van der Waals surface area contributed by atoms with E-state index in [2.05, 4.69) is 28.2 Å². The van der Waals surface area contributed by atoms with Crippen molar-refractivity contribution in [3.8, 4) is 0 Å². The van der Waals surface area contributed by atoms with Crippen molar-refractivity contribution >= 4 is 0 Å². The van der Waals surface area contributed by atoms with Crippen LogP contribution >= 0.6 is 0 Å². The van der Waals surface area contributed by atoms with Gasteiger partial charge in [0.15, 0.2) is 0 Å².